The fourth-order valence-electron chi connectivity index (χ4n) is 1.60. The lowest BCUT2D eigenvalue weighted by Crippen LogP contribution is -2.16. The molecule has 94 valence electrons. The van der Waals surface area contributed by atoms with E-state index in [0.29, 0.717) is 17.4 Å². The summed E-state index contributed by atoms with van der Waals surface area (Å²) in [7, 11) is 0. The lowest BCUT2D eigenvalue weighted by molar-refractivity contribution is 0.0697. The van der Waals surface area contributed by atoms with Crippen LogP contribution in [0.1, 0.15) is 37.0 Å². The minimum Gasteiger partial charge on any atom is -0.478 e. The van der Waals surface area contributed by atoms with Gasteiger partial charge in [0.25, 0.3) is 0 Å². The molecule has 0 amide bonds. The Balaban J connectivity index is 2.80. The van der Waals surface area contributed by atoms with E-state index >= 15 is 0 Å². The number of nitrogens with two attached hydrogens (primary N) is 1. The monoisotopic (exact) mass is 237 g/mol. The normalized spacial score (nSPS) is 10.5. The molecule has 0 saturated heterocycles. The van der Waals surface area contributed by atoms with Crippen molar-refractivity contribution in [2.75, 3.05) is 17.6 Å². The van der Waals surface area contributed by atoms with Crippen LogP contribution in [0, 0.1) is 5.92 Å². The fourth-order valence-corrected chi connectivity index (χ4v) is 1.60. The van der Waals surface area contributed by atoms with Gasteiger partial charge >= 0.3 is 5.97 Å². The number of carboxylic acids is 1. The molecule has 1 heterocycles. The van der Waals surface area contributed by atoms with Crippen molar-refractivity contribution in [3.8, 4) is 0 Å². The van der Waals surface area contributed by atoms with E-state index in [9.17, 15) is 4.79 Å². The molecule has 1 rings (SSSR count). The van der Waals surface area contributed by atoms with Crippen molar-refractivity contribution < 1.29 is 9.90 Å². The predicted molar refractivity (Wildman–Crippen MR) is 68.2 cm³/mol. The Kier molecular flexibility index (Phi) is 4.75. The van der Waals surface area contributed by atoms with Crippen molar-refractivity contribution in [1.82, 2.24) is 4.98 Å². The Morgan fingerprint density at radius 3 is 2.71 bits per heavy atom. The molecular weight excluding hydrogens is 218 g/mol. The number of nitrogens with one attached hydrogen (secondary N) is 1. The fraction of sp³-hybridized carbons (Fsp3) is 0.500. The molecule has 17 heavy (non-hydrogen) atoms. The summed E-state index contributed by atoms with van der Waals surface area (Å²) in [5, 5.41) is 12.1. The van der Waals surface area contributed by atoms with E-state index in [4.69, 9.17) is 10.8 Å². The highest BCUT2D eigenvalue weighted by Crippen LogP contribution is 2.17. The standard InChI is InChI=1S/C12H19N3O2/c1-3-8(4-2)6-14-11-10(12(16)17)5-9(13)7-15-11/h5,7-8H,3-4,6,13H2,1-2H3,(H,14,15)(H,16,17). The van der Waals surface area contributed by atoms with Gasteiger partial charge in [0.1, 0.15) is 11.4 Å². The molecular formula is C12H19N3O2. The molecule has 0 aliphatic carbocycles. The molecule has 0 aromatic carbocycles. The molecule has 0 atom stereocenters. The van der Waals surface area contributed by atoms with Crippen molar-refractivity contribution in [3.63, 3.8) is 0 Å². The van der Waals surface area contributed by atoms with Gasteiger partial charge in [-0.25, -0.2) is 9.78 Å². The average Bonchev–Trinajstić information content (AvgIpc) is 2.31. The highest BCUT2D eigenvalue weighted by molar-refractivity contribution is 5.94. The number of aromatic nitrogens is 1. The van der Waals surface area contributed by atoms with Crippen LogP contribution in [0.15, 0.2) is 12.3 Å². The minimum atomic E-state index is -1.02. The first kappa shape index (κ1) is 13.3. The Labute approximate surface area is 101 Å². The van der Waals surface area contributed by atoms with Crippen molar-refractivity contribution in [2.24, 2.45) is 5.92 Å². The van der Waals surface area contributed by atoms with Crippen LogP contribution >= 0.6 is 0 Å². The van der Waals surface area contributed by atoms with Gasteiger partial charge in [0.05, 0.1) is 11.9 Å². The molecule has 0 radical (unpaired) electrons. The van der Waals surface area contributed by atoms with Crippen LogP contribution in [0.5, 0.6) is 0 Å². The van der Waals surface area contributed by atoms with E-state index in [1.807, 2.05) is 0 Å². The Morgan fingerprint density at radius 2 is 2.18 bits per heavy atom. The first-order valence-electron chi connectivity index (χ1n) is 5.81. The van der Waals surface area contributed by atoms with Gasteiger partial charge in [-0.1, -0.05) is 26.7 Å². The molecule has 4 N–H and O–H groups in total. The third kappa shape index (κ3) is 3.62. The maximum absolute atomic E-state index is 11.0. The number of hydrogen-bond donors (Lipinski definition) is 3. The van der Waals surface area contributed by atoms with Gasteiger partial charge in [0.2, 0.25) is 0 Å². The van der Waals surface area contributed by atoms with Gasteiger partial charge in [0.15, 0.2) is 0 Å². The third-order valence-electron chi connectivity index (χ3n) is 2.85. The molecule has 0 aliphatic rings. The van der Waals surface area contributed by atoms with Crippen LogP contribution in [0.4, 0.5) is 11.5 Å². The van der Waals surface area contributed by atoms with E-state index in [1.54, 1.807) is 0 Å². The van der Waals surface area contributed by atoms with E-state index in [2.05, 4.69) is 24.1 Å². The third-order valence-corrected chi connectivity index (χ3v) is 2.85. The number of pyridine rings is 1. The SMILES string of the molecule is CCC(CC)CNc1ncc(N)cc1C(=O)O. The van der Waals surface area contributed by atoms with E-state index in [1.165, 1.54) is 12.3 Å². The van der Waals surface area contributed by atoms with Crippen LogP contribution in [0.3, 0.4) is 0 Å². The van der Waals surface area contributed by atoms with Crippen molar-refractivity contribution in [2.45, 2.75) is 26.7 Å². The van der Waals surface area contributed by atoms with Crippen molar-refractivity contribution in [1.29, 1.82) is 0 Å². The van der Waals surface area contributed by atoms with Gasteiger partial charge < -0.3 is 16.2 Å². The zero-order valence-electron chi connectivity index (χ0n) is 10.2. The maximum Gasteiger partial charge on any atom is 0.339 e. The van der Waals surface area contributed by atoms with Gasteiger partial charge in [-0.2, -0.15) is 0 Å². The molecule has 5 nitrogen and oxygen atoms in total. The highest BCUT2D eigenvalue weighted by Gasteiger charge is 2.12. The van der Waals surface area contributed by atoms with E-state index in [0.717, 1.165) is 19.4 Å². The first-order chi connectivity index (χ1) is 8.08. The molecule has 5 heteroatoms. The number of aromatic carboxylic acids is 1. The second-order valence-corrected chi connectivity index (χ2v) is 4.03. The summed E-state index contributed by atoms with van der Waals surface area (Å²) < 4.78 is 0. The smallest absolute Gasteiger partial charge is 0.339 e. The molecule has 0 bridgehead atoms. The molecule has 0 spiro atoms. The second kappa shape index (κ2) is 6.08. The van der Waals surface area contributed by atoms with Crippen LogP contribution < -0.4 is 11.1 Å². The van der Waals surface area contributed by atoms with Crippen molar-refractivity contribution >= 4 is 17.5 Å². The van der Waals surface area contributed by atoms with Gasteiger partial charge in [-0.05, 0) is 12.0 Å². The molecule has 0 aliphatic heterocycles. The average molecular weight is 237 g/mol. The minimum absolute atomic E-state index is 0.121. The first-order valence-corrected chi connectivity index (χ1v) is 5.81. The van der Waals surface area contributed by atoms with Gasteiger partial charge in [-0.15, -0.1) is 0 Å². The number of nitrogen functional groups attached to an aromatic ring is 1. The quantitative estimate of drug-likeness (QED) is 0.706. The summed E-state index contributed by atoms with van der Waals surface area (Å²) in [4.78, 5) is 15.0. The number of hydrogen-bond acceptors (Lipinski definition) is 4. The molecule has 0 saturated carbocycles. The Hall–Kier alpha value is -1.78. The number of carbonyl (C=O) groups is 1. The number of nitrogens with zero attached hydrogens (tertiary/aromatic N) is 1. The Bertz CT molecular complexity index is 389. The van der Waals surface area contributed by atoms with Crippen LogP contribution in [0.25, 0.3) is 0 Å². The van der Waals surface area contributed by atoms with E-state index < -0.39 is 5.97 Å². The topological polar surface area (TPSA) is 88.2 Å². The van der Waals surface area contributed by atoms with E-state index in [-0.39, 0.29) is 5.56 Å². The zero-order chi connectivity index (χ0) is 12.8. The highest BCUT2D eigenvalue weighted by atomic mass is 16.4. The Morgan fingerprint density at radius 1 is 1.53 bits per heavy atom. The maximum atomic E-state index is 11.0. The van der Waals surface area contributed by atoms with Crippen molar-refractivity contribution in [3.05, 3.63) is 17.8 Å². The summed E-state index contributed by atoms with van der Waals surface area (Å²) in [5.74, 6) is -0.105. The molecule has 0 fully saturated rings. The lowest BCUT2D eigenvalue weighted by atomic mass is 10.0. The summed E-state index contributed by atoms with van der Waals surface area (Å²) >= 11 is 0. The number of rotatable bonds is 6. The van der Waals surface area contributed by atoms with Crippen LogP contribution in [-0.2, 0) is 0 Å². The second-order valence-electron chi connectivity index (χ2n) is 4.03. The summed E-state index contributed by atoms with van der Waals surface area (Å²) in [5.41, 5.74) is 6.00. The van der Waals surface area contributed by atoms with Gasteiger partial charge in [-0.3, -0.25) is 0 Å². The summed E-state index contributed by atoms with van der Waals surface area (Å²) in [6, 6.07) is 1.42. The molecule has 0 unspecified atom stereocenters. The molecule has 1 aromatic rings. The zero-order valence-corrected chi connectivity index (χ0v) is 10.2. The summed E-state index contributed by atoms with van der Waals surface area (Å²) in [6.07, 6.45) is 3.57. The van der Waals surface area contributed by atoms with Gasteiger partial charge in [0, 0.05) is 6.54 Å². The predicted octanol–water partition coefficient (Wildman–Crippen LogP) is 2.21. The summed E-state index contributed by atoms with van der Waals surface area (Å²) in [6.45, 7) is 4.96. The van der Waals surface area contributed by atoms with Crippen LogP contribution in [-0.4, -0.2) is 22.6 Å². The lowest BCUT2D eigenvalue weighted by Gasteiger charge is -2.15. The number of anilines is 2. The van der Waals surface area contributed by atoms with Crippen LogP contribution in [0.2, 0.25) is 0 Å². The largest absolute Gasteiger partial charge is 0.478 e. The molecule has 1 aromatic heterocycles. The number of carboxylic acid groups (broad SMARTS) is 1.